The third-order valence-electron chi connectivity index (χ3n) is 2.96. The SMILES string of the molecule is COc1ccc(C#N)c(OCC2CNCC(C)O2)c1. The van der Waals surface area contributed by atoms with Gasteiger partial charge in [0.1, 0.15) is 30.3 Å². The molecule has 1 heterocycles. The second-order valence-electron chi connectivity index (χ2n) is 4.51. The fourth-order valence-corrected chi connectivity index (χ4v) is 1.99. The normalized spacial score (nSPS) is 22.6. The predicted molar refractivity (Wildman–Crippen MR) is 70.4 cm³/mol. The van der Waals surface area contributed by atoms with E-state index >= 15 is 0 Å². The minimum Gasteiger partial charge on any atom is -0.497 e. The molecule has 5 nitrogen and oxygen atoms in total. The fourth-order valence-electron chi connectivity index (χ4n) is 1.99. The average molecular weight is 262 g/mol. The number of methoxy groups -OCH3 is 1. The van der Waals surface area contributed by atoms with Crippen LogP contribution in [0, 0.1) is 11.3 Å². The molecule has 0 bridgehead atoms. The number of morpholine rings is 1. The topological polar surface area (TPSA) is 63.5 Å². The summed E-state index contributed by atoms with van der Waals surface area (Å²) in [5.74, 6) is 1.20. The number of nitrogens with one attached hydrogen (secondary N) is 1. The van der Waals surface area contributed by atoms with Gasteiger partial charge in [-0.2, -0.15) is 5.26 Å². The number of nitriles is 1. The van der Waals surface area contributed by atoms with Crippen molar-refractivity contribution in [2.45, 2.75) is 19.1 Å². The molecule has 2 unspecified atom stereocenters. The first kappa shape index (κ1) is 13.7. The summed E-state index contributed by atoms with van der Waals surface area (Å²) in [6.07, 6.45) is 0.185. The molecule has 1 fully saturated rings. The first-order chi connectivity index (χ1) is 9.22. The second-order valence-corrected chi connectivity index (χ2v) is 4.51. The van der Waals surface area contributed by atoms with Crippen molar-refractivity contribution in [1.29, 1.82) is 5.26 Å². The molecule has 1 aliphatic rings. The lowest BCUT2D eigenvalue weighted by Gasteiger charge is -2.28. The number of hydrogen-bond acceptors (Lipinski definition) is 5. The summed E-state index contributed by atoms with van der Waals surface area (Å²) in [4.78, 5) is 0. The Morgan fingerprint density at radius 1 is 1.47 bits per heavy atom. The van der Waals surface area contributed by atoms with Gasteiger partial charge in [0.25, 0.3) is 0 Å². The maximum Gasteiger partial charge on any atom is 0.140 e. The van der Waals surface area contributed by atoms with Crippen molar-refractivity contribution in [3.05, 3.63) is 23.8 Å². The average Bonchev–Trinajstić information content (AvgIpc) is 2.45. The molecule has 102 valence electrons. The largest absolute Gasteiger partial charge is 0.497 e. The molecule has 0 radical (unpaired) electrons. The maximum absolute atomic E-state index is 9.05. The Labute approximate surface area is 113 Å². The van der Waals surface area contributed by atoms with Crippen LogP contribution in [0.1, 0.15) is 12.5 Å². The summed E-state index contributed by atoms with van der Waals surface area (Å²) in [6, 6.07) is 7.26. The van der Waals surface area contributed by atoms with Crippen LogP contribution in [0.4, 0.5) is 0 Å². The van der Waals surface area contributed by atoms with E-state index in [1.807, 2.05) is 6.92 Å². The van der Waals surface area contributed by atoms with Gasteiger partial charge in [-0.15, -0.1) is 0 Å². The summed E-state index contributed by atoms with van der Waals surface area (Å²) in [6.45, 7) is 4.06. The van der Waals surface area contributed by atoms with E-state index in [9.17, 15) is 0 Å². The van der Waals surface area contributed by atoms with Crippen LogP contribution >= 0.6 is 0 Å². The molecule has 2 atom stereocenters. The first-order valence-corrected chi connectivity index (χ1v) is 6.30. The third kappa shape index (κ3) is 3.60. The van der Waals surface area contributed by atoms with Gasteiger partial charge < -0.3 is 19.5 Å². The van der Waals surface area contributed by atoms with Crippen molar-refractivity contribution in [2.24, 2.45) is 0 Å². The van der Waals surface area contributed by atoms with E-state index in [2.05, 4.69) is 11.4 Å². The Morgan fingerprint density at radius 3 is 3.00 bits per heavy atom. The Morgan fingerprint density at radius 2 is 2.32 bits per heavy atom. The van der Waals surface area contributed by atoms with E-state index in [-0.39, 0.29) is 12.2 Å². The minimum atomic E-state index is 0.00138. The molecule has 1 saturated heterocycles. The van der Waals surface area contributed by atoms with E-state index < -0.39 is 0 Å². The summed E-state index contributed by atoms with van der Waals surface area (Å²) in [5, 5.41) is 12.3. The zero-order valence-corrected chi connectivity index (χ0v) is 11.2. The number of rotatable bonds is 4. The molecule has 0 aromatic heterocycles. The number of hydrogen-bond donors (Lipinski definition) is 1. The highest BCUT2D eigenvalue weighted by atomic mass is 16.5. The molecule has 5 heteroatoms. The van der Waals surface area contributed by atoms with Crippen molar-refractivity contribution in [1.82, 2.24) is 5.32 Å². The number of ether oxygens (including phenoxy) is 3. The van der Waals surface area contributed by atoms with Crippen LogP contribution < -0.4 is 14.8 Å². The Hall–Kier alpha value is -1.77. The highest BCUT2D eigenvalue weighted by molar-refractivity contribution is 5.47. The molecule has 1 aromatic carbocycles. The quantitative estimate of drug-likeness (QED) is 0.886. The Kier molecular flexibility index (Phi) is 4.61. The van der Waals surface area contributed by atoms with Gasteiger partial charge in [-0.3, -0.25) is 0 Å². The van der Waals surface area contributed by atoms with Crippen LogP contribution in [0.25, 0.3) is 0 Å². The van der Waals surface area contributed by atoms with Crippen LogP contribution in [-0.4, -0.2) is 39.0 Å². The molecule has 19 heavy (non-hydrogen) atoms. The summed E-state index contributed by atoms with van der Waals surface area (Å²) < 4.78 is 16.6. The zero-order chi connectivity index (χ0) is 13.7. The van der Waals surface area contributed by atoms with Gasteiger partial charge >= 0.3 is 0 Å². The van der Waals surface area contributed by atoms with E-state index in [0.717, 1.165) is 13.1 Å². The first-order valence-electron chi connectivity index (χ1n) is 6.30. The smallest absolute Gasteiger partial charge is 0.140 e. The van der Waals surface area contributed by atoms with Crippen LogP contribution in [0.15, 0.2) is 18.2 Å². The molecule has 1 N–H and O–H groups in total. The summed E-state index contributed by atoms with van der Waals surface area (Å²) in [5.41, 5.74) is 0.498. The predicted octanol–water partition coefficient (Wildman–Crippen LogP) is 1.32. The highest BCUT2D eigenvalue weighted by Crippen LogP contribution is 2.24. The molecule has 0 amide bonds. The maximum atomic E-state index is 9.05. The molecule has 1 aliphatic heterocycles. The Bertz CT molecular complexity index is 470. The molecular weight excluding hydrogens is 244 g/mol. The van der Waals surface area contributed by atoms with Gasteiger partial charge in [-0.25, -0.2) is 0 Å². The Balaban J connectivity index is 2.00. The standard InChI is InChI=1S/C14H18N2O3/c1-10-7-16-8-13(19-10)9-18-14-5-12(17-2)4-3-11(14)6-15/h3-5,10,13,16H,7-9H2,1-2H3. The third-order valence-corrected chi connectivity index (χ3v) is 2.96. The van der Waals surface area contributed by atoms with Gasteiger partial charge in [0.2, 0.25) is 0 Å². The van der Waals surface area contributed by atoms with Crippen molar-refractivity contribution in [3.8, 4) is 17.6 Å². The van der Waals surface area contributed by atoms with Crippen molar-refractivity contribution >= 4 is 0 Å². The molecular formula is C14H18N2O3. The molecule has 0 aliphatic carbocycles. The van der Waals surface area contributed by atoms with Crippen molar-refractivity contribution in [3.63, 3.8) is 0 Å². The van der Waals surface area contributed by atoms with Crippen LogP contribution in [0.5, 0.6) is 11.5 Å². The zero-order valence-electron chi connectivity index (χ0n) is 11.2. The van der Waals surface area contributed by atoms with Gasteiger partial charge in [-0.1, -0.05) is 0 Å². The van der Waals surface area contributed by atoms with Crippen LogP contribution in [0.2, 0.25) is 0 Å². The summed E-state index contributed by atoms with van der Waals surface area (Å²) >= 11 is 0. The van der Waals surface area contributed by atoms with Crippen LogP contribution in [0.3, 0.4) is 0 Å². The van der Waals surface area contributed by atoms with Gasteiger partial charge in [0.05, 0.1) is 18.8 Å². The second kappa shape index (κ2) is 6.41. The van der Waals surface area contributed by atoms with E-state index in [1.165, 1.54) is 0 Å². The highest BCUT2D eigenvalue weighted by Gasteiger charge is 2.19. The minimum absolute atomic E-state index is 0.00138. The lowest BCUT2D eigenvalue weighted by molar-refractivity contribution is -0.0470. The van der Waals surface area contributed by atoms with Gasteiger partial charge in [0, 0.05) is 19.2 Å². The monoisotopic (exact) mass is 262 g/mol. The number of benzene rings is 1. The molecule has 2 rings (SSSR count). The van der Waals surface area contributed by atoms with Crippen LogP contribution in [-0.2, 0) is 4.74 Å². The molecule has 1 aromatic rings. The van der Waals surface area contributed by atoms with Crippen molar-refractivity contribution < 1.29 is 14.2 Å². The van der Waals surface area contributed by atoms with E-state index in [1.54, 1.807) is 25.3 Å². The molecule has 0 saturated carbocycles. The van der Waals surface area contributed by atoms with E-state index in [4.69, 9.17) is 19.5 Å². The van der Waals surface area contributed by atoms with Gasteiger partial charge in [-0.05, 0) is 19.1 Å². The number of nitrogens with zero attached hydrogens (tertiary/aromatic N) is 1. The summed E-state index contributed by atoms with van der Waals surface area (Å²) in [7, 11) is 1.58. The lowest BCUT2D eigenvalue weighted by Crippen LogP contribution is -2.45. The molecule has 0 spiro atoms. The lowest BCUT2D eigenvalue weighted by atomic mass is 10.2. The van der Waals surface area contributed by atoms with Gasteiger partial charge in [0.15, 0.2) is 0 Å². The van der Waals surface area contributed by atoms with Crippen molar-refractivity contribution in [2.75, 3.05) is 26.8 Å². The fraction of sp³-hybridized carbons (Fsp3) is 0.500. The van der Waals surface area contributed by atoms with E-state index in [0.29, 0.717) is 23.7 Å².